The van der Waals surface area contributed by atoms with Crippen molar-refractivity contribution in [1.29, 1.82) is 0 Å². The summed E-state index contributed by atoms with van der Waals surface area (Å²) in [7, 11) is 1.83. The van der Waals surface area contributed by atoms with Crippen molar-refractivity contribution < 1.29 is 9.66 Å². The van der Waals surface area contributed by atoms with Crippen LogP contribution in [0, 0.1) is 17.0 Å². The molecular weight excluding hydrogens is 338 g/mol. The Balaban J connectivity index is 2.29. The summed E-state index contributed by atoms with van der Waals surface area (Å²) in [5.41, 5.74) is 2.50. The van der Waals surface area contributed by atoms with Crippen molar-refractivity contribution in [3.05, 3.63) is 49.7 Å². The van der Waals surface area contributed by atoms with Gasteiger partial charge in [0.25, 0.3) is 0 Å². The molecule has 0 radical (unpaired) electrons. The van der Waals surface area contributed by atoms with Gasteiger partial charge >= 0.3 is 5.69 Å². The molecule has 1 heterocycles. The molecule has 0 atom stereocenters. The second-order valence-corrected chi connectivity index (χ2v) is 5.45. The van der Waals surface area contributed by atoms with E-state index in [1.807, 2.05) is 14.0 Å². The zero-order valence-electron chi connectivity index (χ0n) is 12.1. The second-order valence-electron chi connectivity index (χ2n) is 4.65. The number of ether oxygens (including phenoxy) is 1. The van der Waals surface area contributed by atoms with Crippen molar-refractivity contribution in [2.75, 3.05) is 0 Å². The summed E-state index contributed by atoms with van der Waals surface area (Å²) in [6.07, 6.45) is 0.804. The highest BCUT2D eigenvalue weighted by molar-refractivity contribution is 9.10. The Labute approximate surface area is 131 Å². The Hall–Kier alpha value is -1.89. The van der Waals surface area contributed by atoms with E-state index < -0.39 is 4.92 Å². The molecule has 0 aliphatic heterocycles. The molecule has 2 aromatic rings. The lowest BCUT2D eigenvalue weighted by Crippen LogP contribution is -2.06. The minimum atomic E-state index is -0.432. The van der Waals surface area contributed by atoms with Crippen molar-refractivity contribution in [2.45, 2.75) is 26.9 Å². The van der Waals surface area contributed by atoms with Crippen LogP contribution in [-0.4, -0.2) is 14.7 Å². The normalized spacial score (nSPS) is 10.7. The van der Waals surface area contributed by atoms with Gasteiger partial charge in [0.2, 0.25) is 0 Å². The van der Waals surface area contributed by atoms with Gasteiger partial charge in [-0.05, 0) is 34.8 Å². The largest absolute Gasteiger partial charge is 0.480 e. The number of aryl methyl sites for hydroxylation is 3. The third-order valence-electron chi connectivity index (χ3n) is 3.24. The third kappa shape index (κ3) is 3.07. The van der Waals surface area contributed by atoms with E-state index in [1.54, 1.807) is 23.7 Å². The molecule has 1 aromatic carbocycles. The van der Waals surface area contributed by atoms with E-state index in [1.165, 1.54) is 6.07 Å². The quantitative estimate of drug-likeness (QED) is 0.608. The minimum absolute atomic E-state index is 0.0241. The number of hydrogen-bond donors (Lipinski definition) is 0. The minimum Gasteiger partial charge on any atom is -0.480 e. The number of hydrogen-bond acceptors (Lipinski definition) is 4. The maximum Gasteiger partial charge on any atom is 0.311 e. The molecule has 0 aliphatic rings. The number of nitrogens with zero attached hydrogens (tertiary/aromatic N) is 3. The summed E-state index contributed by atoms with van der Waals surface area (Å²) in [6.45, 7) is 4.03. The zero-order chi connectivity index (χ0) is 15.6. The molecule has 0 unspecified atom stereocenters. The van der Waals surface area contributed by atoms with Gasteiger partial charge in [-0.2, -0.15) is 5.10 Å². The standard InChI is InChI=1S/C14H16BrN3O3/c1-4-10-13(15)12(17(3)16-10)8-21-14-9(2)6-5-7-11(14)18(19)20/h5-7H,4,8H2,1-3H3. The smallest absolute Gasteiger partial charge is 0.311 e. The predicted molar refractivity (Wildman–Crippen MR) is 82.5 cm³/mol. The highest BCUT2D eigenvalue weighted by Gasteiger charge is 2.19. The number of halogens is 1. The molecule has 0 saturated heterocycles. The Bertz CT molecular complexity index is 682. The highest BCUT2D eigenvalue weighted by Crippen LogP contribution is 2.32. The first-order chi connectivity index (χ1) is 9.95. The lowest BCUT2D eigenvalue weighted by atomic mass is 10.2. The molecule has 21 heavy (non-hydrogen) atoms. The predicted octanol–water partition coefficient (Wildman–Crippen LogP) is 3.54. The molecule has 0 saturated carbocycles. The molecule has 0 bridgehead atoms. The molecule has 0 spiro atoms. The molecule has 112 valence electrons. The van der Waals surface area contributed by atoms with Crippen LogP contribution in [0.15, 0.2) is 22.7 Å². The van der Waals surface area contributed by atoms with Crippen molar-refractivity contribution in [2.24, 2.45) is 7.05 Å². The average Bonchev–Trinajstić information content (AvgIpc) is 2.72. The van der Waals surface area contributed by atoms with Crippen molar-refractivity contribution >= 4 is 21.6 Å². The third-order valence-corrected chi connectivity index (χ3v) is 4.16. The number of benzene rings is 1. The number of aromatic nitrogens is 2. The van der Waals surface area contributed by atoms with Crippen LogP contribution in [0.3, 0.4) is 0 Å². The number of para-hydroxylation sites is 1. The second kappa shape index (κ2) is 6.26. The van der Waals surface area contributed by atoms with Gasteiger partial charge in [0.1, 0.15) is 6.61 Å². The zero-order valence-corrected chi connectivity index (χ0v) is 13.7. The monoisotopic (exact) mass is 353 g/mol. The van der Waals surface area contributed by atoms with E-state index in [4.69, 9.17) is 4.74 Å². The SMILES string of the molecule is CCc1nn(C)c(COc2c(C)cccc2[N+](=O)[O-])c1Br. The Morgan fingerprint density at radius 3 is 2.76 bits per heavy atom. The molecule has 0 aliphatic carbocycles. The first-order valence-electron chi connectivity index (χ1n) is 6.52. The number of nitro groups is 1. The fourth-order valence-electron chi connectivity index (χ4n) is 2.09. The van der Waals surface area contributed by atoms with Crippen LogP contribution in [0.1, 0.15) is 23.9 Å². The van der Waals surface area contributed by atoms with Gasteiger partial charge in [-0.15, -0.1) is 0 Å². The van der Waals surface area contributed by atoms with E-state index in [0.29, 0.717) is 5.75 Å². The van der Waals surface area contributed by atoms with Gasteiger partial charge in [0.15, 0.2) is 5.75 Å². The first kappa shape index (κ1) is 15.5. The maximum absolute atomic E-state index is 11.1. The Morgan fingerprint density at radius 2 is 2.19 bits per heavy atom. The van der Waals surface area contributed by atoms with Crippen molar-refractivity contribution in [3.8, 4) is 5.75 Å². The van der Waals surface area contributed by atoms with Gasteiger partial charge in [0, 0.05) is 13.1 Å². The molecule has 1 aromatic heterocycles. The van der Waals surface area contributed by atoms with Crippen LogP contribution in [-0.2, 0) is 20.1 Å². The van der Waals surface area contributed by atoms with Gasteiger partial charge in [-0.25, -0.2) is 0 Å². The Morgan fingerprint density at radius 1 is 1.48 bits per heavy atom. The lowest BCUT2D eigenvalue weighted by molar-refractivity contribution is -0.386. The fraction of sp³-hybridized carbons (Fsp3) is 0.357. The van der Waals surface area contributed by atoms with Crippen LogP contribution in [0.5, 0.6) is 5.75 Å². The van der Waals surface area contributed by atoms with Crippen LogP contribution in [0.25, 0.3) is 0 Å². The van der Waals surface area contributed by atoms with E-state index in [2.05, 4.69) is 21.0 Å². The molecule has 7 heteroatoms. The van der Waals surface area contributed by atoms with Crippen LogP contribution >= 0.6 is 15.9 Å². The number of rotatable bonds is 5. The molecular formula is C14H16BrN3O3. The van der Waals surface area contributed by atoms with Crippen LogP contribution in [0.4, 0.5) is 5.69 Å². The lowest BCUT2D eigenvalue weighted by Gasteiger charge is -2.10. The van der Waals surface area contributed by atoms with E-state index in [0.717, 1.165) is 27.8 Å². The summed E-state index contributed by atoms with van der Waals surface area (Å²) in [5.74, 6) is 0.300. The van der Waals surface area contributed by atoms with E-state index in [-0.39, 0.29) is 12.3 Å². The average molecular weight is 354 g/mol. The van der Waals surface area contributed by atoms with Crippen molar-refractivity contribution in [1.82, 2.24) is 9.78 Å². The fourth-order valence-corrected chi connectivity index (χ4v) is 2.82. The Kier molecular flexibility index (Phi) is 4.62. The maximum atomic E-state index is 11.1. The van der Waals surface area contributed by atoms with Gasteiger partial charge in [-0.1, -0.05) is 19.1 Å². The summed E-state index contributed by atoms with van der Waals surface area (Å²) in [4.78, 5) is 10.6. The topological polar surface area (TPSA) is 70.2 Å². The summed E-state index contributed by atoms with van der Waals surface area (Å²) >= 11 is 3.50. The molecule has 6 nitrogen and oxygen atoms in total. The summed E-state index contributed by atoms with van der Waals surface area (Å²) in [6, 6.07) is 4.88. The number of nitro benzene ring substituents is 1. The van der Waals surface area contributed by atoms with Crippen molar-refractivity contribution in [3.63, 3.8) is 0 Å². The van der Waals surface area contributed by atoms with Gasteiger partial charge < -0.3 is 4.74 Å². The molecule has 0 fully saturated rings. The van der Waals surface area contributed by atoms with E-state index >= 15 is 0 Å². The van der Waals surface area contributed by atoms with Gasteiger partial charge in [-0.3, -0.25) is 14.8 Å². The van der Waals surface area contributed by atoms with Crippen LogP contribution < -0.4 is 4.74 Å². The van der Waals surface area contributed by atoms with Gasteiger partial charge in [0.05, 0.1) is 20.8 Å². The first-order valence-corrected chi connectivity index (χ1v) is 7.32. The molecule has 0 amide bonds. The summed E-state index contributed by atoms with van der Waals surface area (Å²) < 4.78 is 8.32. The molecule has 2 rings (SSSR count). The van der Waals surface area contributed by atoms with E-state index in [9.17, 15) is 10.1 Å². The van der Waals surface area contributed by atoms with Crippen LogP contribution in [0.2, 0.25) is 0 Å². The highest BCUT2D eigenvalue weighted by atomic mass is 79.9. The summed E-state index contributed by atoms with van der Waals surface area (Å²) in [5, 5.41) is 15.4. The molecule has 0 N–H and O–H groups in total.